The predicted octanol–water partition coefficient (Wildman–Crippen LogP) is 1.75. The lowest BCUT2D eigenvalue weighted by Crippen LogP contribution is -2.40. The van der Waals surface area contributed by atoms with Crippen LogP contribution in [-0.4, -0.2) is 47.3 Å². The Kier molecular flexibility index (Phi) is 4.12. The van der Waals surface area contributed by atoms with Crippen molar-refractivity contribution < 1.29 is 19.8 Å². The highest BCUT2D eigenvalue weighted by Gasteiger charge is 2.29. The van der Waals surface area contributed by atoms with Gasteiger partial charge in [0.2, 0.25) is 0 Å². The van der Waals surface area contributed by atoms with Gasteiger partial charge in [-0.1, -0.05) is 0 Å². The van der Waals surface area contributed by atoms with Crippen LogP contribution in [0.15, 0.2) is 24.3 Å². The molecule has 1 aromatic rings. The van der Waals surface area contributed by atoms with Gasteiger partial charge in [-0.15, -0.1) is 0 Å². The zero-order valence-corrected chi connectivity index (χ0v) is 11.3. The SMILES string of the molecule is CN(C(=O)N1CCC(CC(=O)O)C1)c1ccc(O)cc1. The Balaban J connectivity index is 1.98. The fourth-order valence-corrected chi connectivity index (χ4v) is 2.42. The van der Waals surface area contributed by atoms with Gasteiger partial charge in [-0.25, -0.2) is 4.79 Å². The van der Waals surface area contributed by atoms with E-state index in [0.717, 1.165) is 6.42 Å². The van der Waals surface area contributed by atoms with Gasteiger partial charge in [0.1, 0.15) is 5.75 Å². The number of phenolic OH excluding ortho intramolecular Hbond substituents is 1. The summed E-state index contributed by atoms with van der Waals surface area (Å²) < 4.78 is 0. The number of rotatable bonds is 3. The molecule has 0 radical (unpaired) electrons. The highest BCUT2D eigenvalue weighted by molar-refractivity contribution is 5.91. The van der Waals surface area contributed by atoms with Crippen molar-refractivity contribution in [2.45, 2.75) is 12.8 Å². The molecule has 1 atom stereocenters. The molecule has 108 valence electrons. The number of hydrogen-bond donors (Lipinski definition) is 2. The number of urea groups is 1. The van der Waals surface area contributed by atoms with Crippen LogP contribution in [0.25, 0.3) is 0 Å². The third-order valence-electron chi connectivity index (χ3n) is 3.54. The Labute approximate surface area is 117 Å². The largest absolute Gasteiger partial charge is 0.508 e. The maximum atomic E-state index is 12.3. The summed E-state index contributed by atoms with van der Waals surface area (Å²) in [7, 11) is 1.67. The standard InChI is InChI=1S/C14H18N2O4/c1-15(11-2-4-12(17)5-3-11)14(20)16-7-6-10(9-16)8-13(18)19/h2-5,10,17H,6-9H2,1H3,(H,18,19). The van der Waals surface area contributed by atoms with Crippen molar-refractivity contribution >= 4 is 17.7 Å². The molecule has 6 heteroatoms. The number of carbonyl (C=O) groups excluding carboxylic acids is 1. The van der Waals surface area contributed by atoms with Gasteiger partial charge in [0.15, 0.2) is 0 Å². The molecule has 20 heavy (non-hydrogen) atoms. The molecule has 0 aromatic heterocycles. The lowest BCUT2D eigenvalue weighted by molar-refractivity contribution is -0.138. The van der Waals surface area contributed by atoms with Gasteiger partial charge in [-0.2, -0.15) is 0 Å². The summed E-state index contributed by atoms with van der Waals surface area (Å²) in [4.78, 5) is 26.2. The number of carboxylic acids is 1. The molecule has 1 unspecified atom stereocenters. The van der Waals surface area contributed by atoms with E-state index in [1.54, 1.807) is 24.1 Å². The number of anilines is 1. The van der Waals surface area contributed by atoms with Crippen molar-refractivity contribution in [3.63, 3.8) is 0 Å². The lowest BCUT2D eigenvalue weighted by Gasteiger charge is -2.24. The molecule has 0 saturated carbocycles. The third-order valence-corrected chi connectivity index (χ3v) is 3.54. The molecular formula is C14H18N2O4. The molecule has 0 spiro atoms. The van der Waals surface area contributed by atoms with E-state index >= 15 is 0 Å². The summed E-state index contributed by atoms with van der Waals surface area (Å²) in [6.07, 6.45) is 0.828. The van der Waals surface area contributed by atoms with E-state index in [1.807, 2.05) is 0 Å². The quantitative estimate of drug-likeness (QED) is 0.882. The number of phenols is 1. The topological polar surface area (TPSA) is 81.1 Å². The van der Waals surface area contributed by atoms with Gasteiger partial charge in [-0.3, -0.25) is 9.69 Å². The zero-order chi connectivity index (χ0) is 14.7. The van der Waals surface area contributed by atoms with E-state index in [4.69, 9.17) is 5.11 Å². The van der Waals surface area contributed by atoms with Crippen LogP contribution in [0, 0.1) is 5.92 Å². The van der Waals surface area contributed by atoms with Crippen molar-refractivity contribution in [3.05, 3.63) is 24.3 Å². The number of aromatic hydroxyl groups is 1. The Bertz CT molecular complexity index is 500. The second-order valence-electron chi connectivity index (χ2n) is 5.06. The molecule has 0 aliphatic carbocycles. The van der Waals surface area contributed by atoms with Crippen LogP contribution in [0.4, 0.5) is 10.5 Å². The molecule has 1 saturated heterocycles. The minimum absolute atomic E-state index is 0.0321. The first-order valence-electron chi connectivity index (χ1n) is 6.51. The van der Waals surface area contributed by atoms with Crippen LogP contribution in [0.5, 0.6) is 5.75 Å². The van der Waals surface area contributed by atoms with E-state index < -0.39 is 5.97 Å². The molecule has 1 aliphatic rings. The number of likely N-dealkylation sites (tertiary alicyclic amines) is 1. The Morgan fingerprint density at radius 1 is 1.35 bits per heavy atom. The summed E-state index contributed by atoms with van der Waals surface area (Å²) >= 11 is 0. The summed E-state index contributed by atoms with van der Waals surface area (Å²) in [5, 5.41) is 18.0. The van der Waals surface area contributed by atoms with Gasteiger partial charge < -0.3 is 15.1 Å². The van der Waals surface area contributed by atoms with Gasteiger partial charge in [0.05, 0.1) is 0 Å². The smallest absolute Gasteiger partial charge is 0.324 e. The monoisotopic (exact) mass is 278 g/mol. The molecule has 2 N–H and O–H groups in total. The average molecular weight is 278 g/mol. The van der Waals surface area contributed by atoms with Gasteiger partial charge in [0, 0.05) is 32.2 Å². The first-order valence-corrected chi connectivity index (χ1v) is 6.51. The van der Waals surface area contributed by atoms with Gasteiger partial charge in [-0.05, 0) is 36.6 Å². The molecule has 2 amide bonds. The van der Waals surface area contributed by atoms with E-state index in [1.165, 1.54) is 17.0 Å². The first kappa shape index (κ1) is 14.2. The number of carboxylic acid groups (broad SMARTS) is 1. The van der Waals surface area contributed by atoms with Crippen LogP contribution in [0.3, 0.4) is 0 Å². The summed E-state index contributed by atoms with van der Waals surface area (Å²) in [6.45, 7) is 1.06. The number of hydrogen-bond acceptors (Lipinski definition) is 3. The van der Waals surface area contributed by atoms with Crippen molar-refractivity contribution in [1.82, 2.24) is 4.90 Å². The normalized spacial score (nSPS) is 18.1. The second-order valence-corrected chi connectivity index (χ2v) is 5.06. The predicted molar refractivity (Wildman–Crippen MR) is 73.8 cm³/mol. The average Bonchev–Trinajstić information content (AvgIpc) is 2.85. The van der Waals surface area contributed by atoms with E-state index in [-0.39, 0.29) is 24.1 Å². The number of nitrogens with zero attached hydrogens (tertiary/aromatic N) is 2. The minimum atomic E-state index is -0.823. The Hall–Kier alpha value is -2.24. The molecule has 1 heterocycles. The number of aliphatic carboxylic acids is 1. The zero-order valence-electron chi connectivity index (χ0n) is 11.3. The van der Waals surface area contributed by atoms with Crippen LogP contribution in [0.2, 0.25) is 0 Å². The van der Waals surface area contributed by atoms with E-state index in [2.05, 4.69) is 0 Å². The molecule has 6 nitrogen and oxygen atoms in total. The fraction of sp³-hybridized carbons (Fsp3) is 0.429. The highest BCUT2D eigenvalue weighted by atomic mass is 16.4. The maximum Gasteiger partial charge on any atom is 0.324 e. The van der Waals surface area contributed by atoms with Crippen LogP contribution >= 0.6 is 0 Å². The summed E-state index contributed by atoms with van der Waals surface area (Å²) in [5.41, 5.74) is 0.689. The highest BCUT2D eigenvalue weighted by Crippen LogP contribution is 2.23. The van der Waals surface area contributed by atoms with Gasteiger partial charge in [0.25, 0.3) is 0 Å². The van der Waals surface area contributed by atoms with Gasteiger partial charge >= 0.3 is 12.0 Å². The molecule has 1 aromatic carbocycles. The molecule has 1 fully saturated rings. The number of carbonyl (C=O) groups is 2. The van der Waals surface area contributed by atoms with E-state index in [0.29, 0.717) is 18.8 Å². The molecule has 2 rings (SSSR count). The molecule has 0 bridgehead atoms. The maximum absolute atomic E-state index is 12.3. The molecule has 1 aliphatic heterocycles. The van der Waals surface area contributed by atoms with Crippen molar-refractivity contribution in [2.24, 2.45) is 5.92 Å². The third kappa shape index (κ3) is 3.20. The van der Waals surface area contributed by atoms with Crippen molar-refractivity contribution in [3.8, 4) is 5.75 Å². The Morgan fingerprint density at radius 3 is 2.60 bits per heavy atom. The van der Waals surface area contributed by atoms with Crippen molar-refractivity contribution in [2.75, 3.05) is 25.0 Å². The second kappa shape index (κ2) is 5.81. The summed E-state index contributed by atoms with van der Waals surface area (Å²) in [5.74, 6) is -0.641. The number of amides is 2. The lowest BCUT2D eigenvalue weighted by atomic mass is 10.1. The van der Waals surface area contributed by atoms with Crippen LogP contribution in [-0.2, 0) is 4.79 Å². The minimum Gasteiger partial charge on any atom is -0.508 e. The summed E-state index contributed by atoms with van der Waals surface area (Å²) in [6, 6.07) is 6.23. The fourth-order valence-electron chi connectivity index (χ4n) is 2.42. The first-order chi connectivity index (χ1) is 9.47. The van der Waals surface area contributed by atoms with Crippen LogP contribution < -0.4 is 4.90 Å². The van der Waals surface area contributed by atoms with Crippen LogP contribution in [0.1, 0.15) is 12.8 Å². The number of benzene rings is 1. The van der Waals surface area contributed by atoms with Crippen molar-refractivity contribution in [1.29, 1.82) is 0 Å². The van der Waals surface area contributed by atoms with E-state index in [9.17, 15) is 14.7 Å². The molecular weight excluding hydrogens is 260 g/mol. The Morgan fingerprint density at radius 2 is 2.00 bits per heavy atom.